The number of ether oxygens (including phenoxy) is 1. The lowest BCUT2D eigenvalue weighted by atomic mass is 9.91. The van der Waals surface area contributed by atoms with Gasteiger partial charge >= 0.3 is 0 Å². The molecule has 5 rings (SSSR count). The molecule has 0 atom stereocenters. The summed E-state index contributed by atoms with van der Waals surface area (Å²) in [5.74, 6) is -0.531. The third-order valence-corrected chi connectivity index (χ3v) is 8.05. The van der Waals surface area contributed by atoms with Gasteiger partial charge < -0.3 is 15.4 Å². The first-order valence-electron chi connectivity index (χ1n) is 12.7. The molecule has 2 amide bonds. The number of anilines is 1. The summed E-state index contributed by atoms with van der Waals surface area (Å²) < 4.78 is 8.66. The minimum absolute atomic E-state index is 0.222. The summed E-state index contributed by atoms with van der Waals surface area (Å²) in [5.41, 5.74) is 2.92. The first-order chi connectivity index (χ1) is 18.4. The Hall–Kier alpha value is -3.61. The number of aromatic nitrogens is 5. The van der Waals surface area contributed by atoms with Crippen molar-refractivity contribution in [2.24, 2.45) is 7.05 Å². The Morgan fingerprint density at radius 1 is 1.16 bits per heavy atom. The quantitative estimate of drug-likeness (QED) is 0.303. The van der Waals surface area contributed by atoms with Crippen molar-refractivity contribution in [3.8, 4) is 10.4 Å². The standard InChI is InChI=1S/C26H32N8O3S/c1-17-22(11-18(12-28-17)24(35)27-7-8-33(9-10-37-3)20-5-4-6-20)31-25(36)21-14-30-34-16-23(38-26(21)34)19-13-29-32(2)15-19/h11-16,20H,4-10H2,1-3H3,(H,27,35)(H,31,36). The number of carbonyl (C=O) groups is 2. The number of aryl methyl sites for hydroxylation is 2. The van der Waals surface area contributed by atoms with E-state index in [1.165, 1.54) is 36.8 Å². The van der Waals surface area contributed by atoms with E-state index in [9.17, 15) is 9.59 Å². The number of nitrogens with zero attached hydrogens (tertiary/aromatic N) is 6. The number of hydrogen-bond acceptors (Lipinski definition) is 8. The van der Waals surface area contributed by atoms with Gasteiger partial charge in [-0.05, 0) is 25.8 Å². The van der Waals surface area contributed by atoms with Crippen LogP contribution in [0.25, 0.3) is 15.3 Å². The zero-order chi connectivity index (χ0) is 26.6. The Morgan fingerprint density at radius 2 is 2.00 bits per heavy atom. The lowest BCUT2D eigenvalue weighted by molar-refractivity contribution is 0.0813. The fraction of sp³-hybridized carbons (Fsp3) is 0.423. The van der Waals surface area contributed by atoms with Crippen LogP contribution in [0, 0.1) is 6.92 Å². The van der Waals surface area contributed by atoms with Crippen molar-refractivity contribution in [1.82, 2.24) is 34.6 Å². The monoisotopic (exact) mass is 536 g/mol. The molecule has 2 N–H and O–H groups in total. The van der Waals surface area contributed by atoms with Crippen molar-refractivity contribution >= 4 is 33.7 Å². The number of pyridine rings is 1. The van der Waals surface area contributed by atoms with Crippen molar-refractivity contribution < 1.29 is 14.3 Å². The molecule has 1 aliphatic rings. The van der Waals surface area contributed by atoms with E-state index in [2.05, 4.69) is 30.7 Å². The second kappa shape index (κ2) is 11.4. The van der Waals surface area contributed by atoms with Crippen LogP contribution in [0.3, 0.4) is 0 Å². The van der Waals surface area contributed by atoms with Gasteiger partial charge in [0, 0.05) is 64.0 Å². The van der Waals surface area contributed by atoms with Crippen LogP contribution >= 0.6 is 11.3 Å². The highest BCUT2D eigenvalue weighted by Crippen LogP contribution is 2.30. The van der Waals surface area contributed by atoms with Crippen molar-refractivity contribution in [3.63, 3.8) is 0 Å². The summed E-state index contributed by atoms with van der Waals surface area (Å²) >= 11 is 1.47. The molecule has 0 bridgehead atoms. The highest BCUT2D eigenvalue weighted by molar-refractivity contribution is 7.21. The molecule has 200 valence electrons. The second-order valence-corrected chi connectivity index (χ2v) is 10.5. The number of rotatable bonds is 11. The molecule has 4 aromatic rings. The number of carbonyl (C=O) groups excluding carboxylic acids is 2. The second-order valence-electron chi connectivity index (χ2n) is 9.49. The van der Waals surface area contributed by atoms with Crippen LogP contribution in [0.5, 0.6) is 0 Å². The zero-order valence-corrected chi connectivity index (χ0v) is 22.6. The van der Waals surface area contributed by atoms with E-state index in [1.807, 2.05) is 19.4 Å². The topological polar surface area (TPSA) is 119 Å². The maximum absolute atomic E-state index is 13.2. The number of nitrogens with one attached hydrogen (secondary N) is 2. The van der Waals surface area contributed by atoms with Crippen LogP contribution in [0.4, 0.5) is 5.69 Å². The van der Waals surface area contributed by atoms with Gasteiger partial charge in [-0.15, -0.1) is 11.3 Å². The van der Waals surface area contributed by atoms with Crippen LogP contribution in [-0.4, -0.2) is 80.5 Å². The average molecular weight is 537 g/mol. The van der Waals surface area contributed by atoms with Crippen LogP contribution in [-0.2, 0) is 11.8 Å². The van der Waals surface area contributed by atoms with E-state index in [0.29, 0.717) is 41.7 Å². The summed E-state index contributed by atoms with van der Waals surface area (Å²) in [7, 11) is 3.57. The van der Waals surface area contributed by atoms with Gasteiger partial charge in [0.2, 0.25) is 0 Å². The van der Waals surface area contributed by atoms with Crippen molar-refractivity contribution in [2.45, 2.75) is 32.2 Å². The van der Waals surface area contributed by atoms with Crippen LogP contribution in [0.2, 0.25) is 0 Å². The molecule has 0 radical (unpaired) electrons. The first-order valence-corrected chi connectivity index (χ1v) is 13.5. The van der Waals surface area contributed by atoms with Crippen molar-refractivity contribution in [1.29, 1.82) is 0 Å². The highest BCUT2D eigenvalue weighted by Gasteiger charge is 2.24. The molecule has 0 unspecified atom stereocenters. The molecule has 0 saturated heterocycles. The van der Waals surface area contributed by atoms with Crippen molar-refractivity contribution in [2.75, 3.05) is 38.7 Å². The van der Waals surface area contributed by atoms with E-state index >= 15 is 0 Å². The normalized spacial score (nSPS) is 13.7. The molecule has 0 aromatic carbocycles. The average Bonchev–Trinajstić information content (AvgIpc) is 3.58. The van der Waals surface area contributed by atoms with E-state index in [4.69, 9.17) is 4.74 Å². The van der Waals surface area contributed by atoms with Gasteiger partial charge in [-0.3, -0.25) is 24.2 Å². The minimum atomic E-state index is -0.309. The zero-order valence-electron chi connectivity index (χ0n) is 21.8. The minimum Gasteiger partial charge on any atom is -0.383 e. The molecule has 11 nitrogen and oxygen atoms in total. The third-order valence-electron chi connectivity index (χ3n) is 6.89. The van der Waals surface area contributed by atoms with Crippen molar-refractivity contribution in [3.05, 3.63) is 53.9 Å². The molecular weight excluding hydrogens is 504 g/mol. The summed E-state index contributed by atoms with van der Waals surface area (Å²) in [6.07, 6.45) is 12.3. The lowest BCUT2D eigenvalue weighted by Gasteiger charge is -2.37. The van der Waals surface area contributed by atoms with E-state index in [-0.39, 0.29) is 11.8 Å². The summed E-state index contributed by atoms with van der Waals surface area (Å²) in [4.78, 5) is 34.5. The number of fused-ring (bicyclic) bond motifs is 1. The van der Waals surface area contributed by atoms with Crippen LogP contribution in [0.1, 0.15) is 45.7 Å². The maximum Gasteiger partial charge on any atom is 0.260 e. The fourth-order valence-corrected chi connectivity index (χ4v) is 5.48. The summed E-state index contributed by atoms with van der Waals surface area (Å²) in [5, 5.41) is 14.5. The Kier molecular flexibility index (Phi) is 7.82. The first kappa shape index (κ1) is 26.0. The molecule has 12 heteroatoms. The van der Waals surface area contributed by atoms with Crippen LogP contribution < -0.4 is 10.6 Å². The number of hydrogen-bond donors (Lipinski definition) is 2. The van der Waals surface area contributed by atoms with Gasteiger partial charge in [0.15, 0.2) is 0 Å². The van der Waals surface area contributed by atoms with Gasteiger partial charge in [0.05, 0.1) is 46.4 Å². The predicted octanol–water partition coefficient (Wildman–Crippen LogP) is 2.98. The van der Waals surface area contributed by atoms with Gasteiger partial charge in [-0.25, -0.2) is 4.52 Å². The van der Waals surface area contributed by atoms with Crippen LogP contribution in [0.15, 0.2) is 37.1 Å². The number of thiazole rings is 1. The van der Waals surface area contributed by atoms with Gasteiger partial charge in [-0.1, -0.05) is 6.42 Å². The molecule has 0 spiro atoms. The Labute approximate surface area is 224 Å². The molecule has 0 aliphatic heterocycles. The summed E-state index contributed by atoms with van der Waals surface area (Å²) in [6, 6.07) is 2.24. The third kappa shape index (κ3) is 5.62. The molecule has 1 fully saturated rings. The molecular formula is C26H32N8O3S. The molecule has 1 aliphatic carbocycles. The highest BCUT2D eigenvalue weighted by atomic mass is 32.1. The fourth-order valence-electron chi connectivity index (χ4n) is 4.45. The maximum atomic E-state index is 13.2. The molecule has 1 saturated carbocycles. The lowest BCUT2D eigenvalue weighted by Crippen LogP contribution is -2.45. The Balaban J connectivity index is 1.23. The number of amides is 2. The van der Waals surface area contributed by atoms with E-state index < -0.39 is 0 Å². The Bertz CT molecular complexity index is 1440. The predicted molar refractivity (Wildman–Crippen MR) is 146 cm³/mol. The largest absolute Gasteiger partial charge is 0.383 e. The summed E-state index contributed by atoms with van der Waals surface area (Å²) in [6.45, 7) is 4.62. The van der Waals surface area contributed by atoms with Gasteiger partial charge in [-0.2, -0.15) is 10.2 Å². The number of methoxy groups -OCH3 is 1. The smallest absolute Gasteiger partial charge is 0.260 e. The van der Waals surface area contributed by atoms with Gasteiger partial charge in [0.25, 0.3) is 11.8 Å². The molecule has 4 aromatic heterocycles. The van der Waals surface area contributed by atoms with E-state index in [0.717, 1.165) is 28.4 Å². The van der Waals surface area contributed by atoms with Gasteiger partial charge in [0.1, 0.15) is 4.83 Å². The van der Waals surface area contributed by atoms with E-state index in [1.54, 1.807) is 41.7 Å². The molecule has 4 heterocycles. The molecule has 38 heavy (non-hydrogen) atoms. The Morgan fingerprint density at radius 3 is 2.71 bits per heavy atom. The SMILES string of the molecule is COCCN(CCNC(=O)c1cnc(C)c(NC(=O)c2cnn3cc(-c4cnn(C)c4)sc23)c1)C1CCC1.